The first-order chi connectivity index (χ1) is 5.65. The maximum atomic E-state index is 12.3. The largest absolute Gasteiger partial charge is 0.264 e. The van der Waals surface area contributed by atoms with Crippen molar-refractivity contribution >= 4 is 38.5 Å². The molecule has 0 amide bonds. The van der Waals surface area contributed by atoms with Gasteiger partial charge in [0.2, 0.25) is 0 Å². The molecule has 0 unspecified atom stereocenters. The van der Waals surface area contributed by atoms with Crippen molar-refractivity contribution in [3.63, 3.8) is 0 Å². The zero-order valence-electron chi connectivity index (χ0n) is 5.90. The van der Waals surface area contributed by atoms with Crippen LogP contribution in [0.5, 0.6) is 0 Å². The van der Waals surface area contributed by atoms with E-state index in [1.54, 1.807) is 0 Å². The predicted octanol–water partition coefficient (Wildman–Crippen LogP) is 3.52. The van der Waals surface area contributed by atoms with Gasteiger partial charge in [-0.05, 0) is 28.7 Å². The molecule has 0 saturated carbocycles. The molecule has 0 aliphatic rings. The van der Waals surface area contributed by atoms with E-state index in [0.717, 1.165) is 0 Å². The Balaban J connectivity index is 3.08. The summed E-state index contributed by atoms with van der Waals surface area (Å²) in [6, 6.07) is 1.42. The highest BCUT2D eigenvalue weighted by molar-refractivity contribution is 14.1. The molecule has 0 N–H and O–H groups in total. The monoisotopic (exact) mass is 347 g/mol. The van der Waals surface area contributed by atoms with Gasteiger partial charge >= 0.3 is 0 Å². The first kappa shape index (κ1) is 10.3. The van der Waals surface area contributed by atoms with Crippen LogP contribution in [0.15, 0.2) is 12.3 Å². The third kappa shape index (κ3) is 2.35. The Labute approximate surface area is 90.8 Å². The van der Waals surface area contributed by atoms with Crippen molar-refractivity contribution in [1.82, 2.24) is 4.98 Å². The minimum Gasteiger partial charge on any atom is -0.259 e. The highest BCUT2D eigenvalue weighted by Crippen LogP contribution is 2.24. The Bertz CT molecular complexity index is 280. The molecule has 12 heavy (non-hydrogen) atoms. The zero-order chi connectivity index (χ0) is 9.14. The second kappa shape index (κ2) is 4.45. The SMILES string of the molecule is FC(F)c1cc(CBr)ncc1I. The number of pyridine rings is 1. The normalized spacial score (nSPS) is 10.8. The van der Waals surface area contributed by atoms with Crippen LogP contribution >= 0.6 is 38.5 Å². The van der Waals surface area contributed by atoms with Crippen LogP contribution in [0.3, 0.4) is 0 Å². The molecular formula is C7H5BrF2IN. The summed E-state index contributed by atoms with van der Waals surface area (Å²) < 4.78 is 25.1. The summed E-state index contributed by atoms with van der Waals surface area (Å²) in [6.07, 6.45) is -0.962. The molecule has 0 radical (unpaired) electrons. The number of halogens is 4. The first-order valence-corrected chi connectivity index (χ1v) is 5.33. The summed E-state index contributed by atoms with van der Waals surface area (Å²) in [4.78, 5) is 3.95. The van der Waals surface area contributed by atoms with E-state index in [0.29, 0.717) is 14.6 Å². The number of alkyl halides is 3. The van der Waals surface area contributed by atoms with E-state index >= 15 is 0 Å². The third-order valence-electron chi connectivity index (χ3n) is 1.31. The summed E-state index contributed by atoms with van der Waals surface area (Å²) in [5.74, 6) is 0. The van der Waals surface area contributed by atoms with E-state index in [4.69, 9.17) is 0 Å². The molecule has 0 bridgehead atoms. The molecule has 1 aromatic rings. The van der Waals surface area contributed by atoms with E-state index in [9.17, 15) is 8.78 Å². The Hall–Kier alpha value is 0.220. The van der Waals surface area contributed by atoms with Crippen LogP contribution in [0.1, 0.15) is 17.7 Å². The van der Waals surface area contributed by atoms with E-state index in [1.807, 2.05) is 22.6 Å². The van der Waals surface area contributed by atoms with Gasteiger partial charge in [-0.2, -0.15) is 0 Å². The van der Waals surface area contributed by atoms with Gasteiger partial charge in [-0.25, -0.2) is 8.78 Å². The lowest BCUT2D eigenvalue weighted by molar-refractivity contribution is 0.150. The quantitative estimate of drug-likeness (QED) is 0.589. The van der Waals surface area contributed by atoms with Gasteiger partial charge in [0.15, 0.2) is 0 Å². The van der Waals surface area contributed by atoms with Crippen molar-refractivity contribution < 1.29 is 8.78 Å². The van der Waals surface area contributed by atoms with E-state index in [-0.39, 0.29) is 5.56 Å². The second-order valence-corrected chi connectivity index (χ2v) is 3.85. The van der Waals surface area contributed by atoms with Crippen LogP contribution < -0.4 is 0 Å². The molecular weight excluding hydrogens is 343 g/mol. The lowest BCUT2D eigenvalue weighted by Gasteiger charge is -2.03. The van der Waals surface area contributed by atoms with Gasteiger partial charge < -0.3 is 0 Å². The van der Waals surface area contributed by atoms with Gasteiger partial charge in [-0.3, -0.25) is 4.98 Å². The fourth-order valence-corrected chi connectivity index (χ4v) is 1.58. The number of hydrogen-bond donors (Lipinski definition) is 0. The summed E-state index contributed by atoms with van der Waals surface area (Å²) in [5.41, 5.74) is 0.686. The Morgan fingerprint density at radius 2 is 2.25 bits per heavy atom. The maximum Gasteiger partial charge on any atom is 0.264 e. The maximum absolute atomic E-state index is 12.3. The highest BCUT2D eigenvalue weighted by Gasteiger charge is 2.12. The fourth-order valence-electron chi connectivity index (χ4n) is 0.740. The van der Waals surface area contributed by atoms with Gasteiger partial charge in [0.1, 0.15) is 0 Å². The highest BCUT2D eigenvalue weighted by atomic mass is 127. The molecule has 1 rings (SSSR count). The molecule has 0 saturated heterocycles. The lowest BCUT2D eigenvalue weighted by Crippen LogP contribution is -1.94. The number of hydrogen-bond acceptors (Lipinski definition) is 1. The standard InChI is InChI=1S/C7H5BrF2IN/c8-2-4-1-5(7(9)10)6(11)3-12-4/h1,3,7H,2H2. The predicted molar refractivity (Wildman–Crippen MR) is 54.5 cm³/mol. The van der Waals surface area contributed by atoms with Gasteiger partial charge in [0.25, 0.3) is 6.43 Å². The van der Waals surface area contributed by atoms with Gasteiger partial charge in [-0.1, -0.05) is 15.9 Å². The average Bonchev–Trinajstić information content (AvgIpc) is 2.05. The van der Waals surface area contributed by atoms with Crippen LogP contribution in [0.25, 0.3) is 0 Å². The van der Waals surface area contributed by atoms with E-state index in [1.165, 1.54) is 12.3 Å². The smallest absolute Gasteiger partial charge is 0.259 e. The number of rotatable bonds is 2. The Morgan fingerprint density at radius 3 is 2.75 bits per heavy atom. The summed E-state index contributed by atoms with van der Waals surface area (Å²) in [6.45, 7) is 0. The molecule has 5 heteroatoms. The Morgan fingerprint density at radius 1 is 1.58 bits per heavy atom. The van der Waals surface area contributed by atoms with E-state index in [2.05, 4.69) is 20.9 Å². The van der Waals surface area contributed by atoms with Crippen LogP contribution in [0, 0.1) is 3.57 Å². The van der Waals surface area contributed by atoms with Crippen molar-refractivity contribution in [2.24, 2.45) is 0 Å². The van der Waals surface area contributed by atoms with Gasteiger partial charge in [-0.15, -0.1) is 0 Å². The lowest BCUT2D eigenvalue weighted by atomic mass is 10.2. The molecule has 0 atom stereocenters. The van der Waals surface area contributed by atoms with E-state index < -0.39 is 6.43 Å². The zero-order valence-corrected chi connectivity index (χ0v) is 9.64. The molecule has 0 spiro atoms. The van der Waals surface area contributed by atoms with Crippen molar-refractivity contribution in [2.75, 3.05) is 0 Å². The van der Waals surface area contributed by atoms with Gasteiger partial charge in [0.05, 0.1) is 5.69 Å². The minimum absolute atomic E-state index is 0.0556. The molecule has 0 fully saturated rings. The first-order valence-electron chi connectivity index (χ1n) is 3.13. The third-order valence-corrected chi connectivity index (χ3v) is 2.79. The van der Waals surface area contributed by atoms with Crippen molar-refractivity contribution in [3.8, 4) is 0 Å². The van der Waals surface area contributed by atoms with Crippen LogP contribution in [-0.2, 0) is 5.33 Å². The van der Waals surface area contributed by atoms with Crippen LogP contribution in [0.4, 0.5) is 8.78 Å². The van der Waals surface area contributed by atoms with Crippen molar-refractivity contribution in [2.45, 2.75) is 11.8 Å². The molecule has 66 valence electrons. The molecule has 1 aromatic heterocycles. The van der Waals surface area contributed by atoms with Crippen LogP contribution in [0.2, 0.25) is 0 Å². The summed E-state index contributed by atoms with van der Waals surface area (Å²) >= 11 is 5.01. The summed E-state index contributed by atoms with van der Waals surface area (Å²) in [5, 5.41) is 0.504. The topological polar surface area (TPSA) is 12.9 Å². The Kier molecular flexibility index (Phi) is 3.82. The van der Waals surface area contributed by atoms with Crippen molar-refractivity contribution in [3.05, 3.63) is 27.1 Å². The minimum atomic E-state index is -2.42. The summed E-state index contributed by atoms with van der Waals surface area (Å²) in [7, 11) is 0. The number of aromatic nitrogens is 1. The average molecular weight is 348 g/mol. The fraction of sp³-hybridized carbons (Fsp3) is 0.286. The molecule has 0 aliphatic carbocycles. The molecule has 1 nitrogen and oxygen atoms in total. The van der Waals surface area contributed by atoms with Crippen molar-refractivity contribution in [1.29, 1.82) is 0 Å². The second-order valence-electron chi connectivity index (χ2n) is 2.13. The number of nitrogens with zero attached hydrogens (tertiary/aromatic N) is 1. The molecule has 0 aliphatic heterocycles. The molecule has 1 heterocycles. The van der Waals surface area contributed by atoms with Gasteiger partial charge in [0, 0.05) is 20.7 Å². The van der Waals surface area contributed by atoms with Crippen LogP contribution in [-0.4, -0.2) is 4.98 Å². The molecule has 0 aromatic carbocycles.